The van der Waals surface area contributed by atoms with Crippen LogP contribution in [0.25, 0.3) is 0 Å². The third-order valence-corrected chi connectivity index (χ3v) is 4.80. The van der Waals surface area contributed by atoms with E-state index in [4.69, 9.17) is 0 Å². The van der Waals surface area contributed by atoms with Gasteiger partial charge in [-0.1, -0.05) is 29.1 Å². The van der Waals surface area contributed by atoms with Crippen LogP contribution in [0.15, 0.2) is 89.8 Å². The second-order valence-electron chi connectivity index (χ2n) is 6.27. The summed E-state index contributed by atoms with van der Waals surface area (Å²) in [5.41, 5.74) is 2.61. The van der Waals surface area contributed by atoms with Gasteiger partial charge in [-0.15, -0.1) is 0 Å². The van der Waals surface area contributed by atoms with Crippen LogP contribution in [0, 0.1) is 5.82 Å². The Bertz CT molecular complexity index is 793. The van der Waals surface area contributed by atoms with Gasteiger partial charge in [-0.2, -0.15) is 0 Å². The summed E-state index contributed by atoms with van der Waals surface area (Å²) in [5, 5.41) is 0. The molecule has 0 spiro atoms. The minimum absolute atomic E-state index is 0.272. The van der Waals surface area contributed by atoms with Crippen molar-refractivity contribution in [1.82, 2.24) is 4.90 Å². The lowest BCUT2D eigenvalue weighted by Gasteiger charge is -2.45. The van der Waals surface area contributed by atoms with Gasteiger partial charge >= 0.3 is 0 Å². The number of anilines is 2. The number of halogens is 3. The third kappa shape index (κ3) is 4.98. The van der Waals surface area contributed by atoms with Gasteiger partial charge in [0.15, 0.2) is 0 Å². The molecule has 0 bridgehead atoms. The molecule has 1 aliphatic heterocycles. The van der Waals surface area contributed by atoms with Crippen molar-refractivity contribution in [1.29, 1.82) is 0 Å². The molecule has 2 aromatic rings. The maximum Gasteiger partial charge on any atom is 0.123 e. The molecule has 0 aromatic heterocycles. The summed E-state index contributed by atoms with van der Waals surface area (Å²) >= 11 is 3.45. The summed E-state index contributed by atoms with van der Waals surface area (Å²) in [7, 11) is 0. The Morgan fingerprint density at radius 1 is 0.852 bits per heavy atom. The van der Waals surface area contributed by atoms with E-state index in [1.54, 1.807) is 18.2 Å². The van der Waals surface area contributed by atoms with Gasteiger partial charge in [0.2, 0.25) is 0 Å². The van der Waals surface area contributed by atoms with E-state index in [-0.39, 0.29) is 5.82 Å². The first-order valence-corrected chi connectivity index (χ1v) is 9.19. The summed E-state index contributed by atoms with van der Waals surface area (Å²) in [4.78, 5) is 6.30. The number of hydrogen-bond donors (Lipinski definition) is 0. The standard InChI is InChI=1S/C21H20BrF2N3/c1-16(23)3-4-17(2)25-13-26(20-9-5-18(22)6-10-20)15-27(14-25)21-11-7-19(24)8-12-21/h3-12H,1-2,13-15H2/b4-3-. The molecule has 140 valence electrons. The molecule has 1 heterocycles. The van der Waals surface area contributed by atoms with Crippen LogP contribution < -0.4 is 9.80 Å². The zero-order chi connectivity index (χ0) is 19.4. The van der Waals surface area contributed by atoms with Gasteiger partial charge in [0.25, 0.3) is 0 Å². The van der Waals surface area contributed by atoms with Crippen LogP contribution >= 0.6 is 15.9 Å². The quantitative estimate of drug-likeness (QED) is 0.566. The summed E-state index contributed by atoms with van der Waals surface area (Å²) in [6.45, 7) is 9.08. The number of benzene rings is 2. The Balaban J connectivity index is 1.87. The van der Waals surface area contributed by atoms with Gasteiger partial charge in [0, 0.05) is 21.5 Å². The molecule has 1 fully saturated rings. The highest BCUT2D eigenvalue weighted by atomic mass is 79.9. The predicted molar refractivity (Wildman–Crippen MR) is 110 cm³/mol. The lowest BCUT2D eigenvalue weighted by atomic mass is 10.2. The largest absolute Gasteiger partial charge is 0.337 e. The first-order chi connectivity index (χ1) is 12.9. The van der Waals surface area contributed by atoms with Crippen LogP contribution in [-0.4, -0.2) is 24.9 Å². The number of allylic oxidation sites excluding steroid dienone is 3. The molecule has 3 nitrogen and oxygen atoms in total. The van der Waals surface area contributed by atoms with E-state index in [1.165, 1.54) is 18.2 Å². The lowest BCUT2D eigenvalue weighted by molar-refractivity contribution is 0.311. The van der Waals surface area contributed by atoms with E-state index in [0.29, 0.717) is 25.7 Å². The average Bonchev–Trinajstić information content (AvgIpc) is 2.67. The smallest absolute Gasteiger partial charge is 0.123 e. The van der Waals surface area contributed by atoms with Crippen LogP contribution in [-0.2, 0) is 0 Å². The molecule has 0 amide bonds. The molecule has 1 saturated heterocycles. The average molecular weight is 432 g/mol. The van der Waals surface area contributed by atoms with Gasteiger partial charge in [-0.3, -0.25) is 0 Å². The van der Waals surface area contributed by atoms with Gasteiger partial charge < -0.3 is 14.7 Å². The van der Waals surface area contributed by atoms with Crippen LogP contribution in [0.5, 0.6) is 0 Å². The zero-order valence-electron chi connectivity index (χ0n) is 14.8. The van der Waals surface area contributed by atoms with Crippen molar-refractivity contribution in [2.24, 2.45) is 0 Å². The normalized spacial score (nSPS) is 14.7. The maximum absolute atomic E-state index is 13.3. The minimum atomic E-state index is -0.520. The van der Waals surface area contributed by atoms with Gasteiger partial charge in [0.05, 0.1) is 20.0 Å². The highest BCUT2D eigenvalue weighted by Gasteiger charge is 2.24. The molecular weight excluding hydrogens is 412 g/mol. The SMILES string of the molecule is C=C(F)/C=C\C(=C)N1CN(c2ccc(F)cc2)CN(c2ccc(Br)cc2)C1. The Hall–Kier alpha value is -2.60. The van der Waals surface area contributed by atoms with E-state index < -0.39 is 5.83 Å². The van der Waals surface area contributed by atoms with Gasteiger partial charge in [-0.25, -0.2) is 8.78 Å². The van der Waals surface area contributed by atoms with Crippen molar-refractivity contribution in [3.63, 3.8) is 0 Å². The first-order valence-electron chi connectivity index (χ1n) is 8.40. The second kappa shape index (κ2) is 8.39. The molecule has 1 aliphatic rings. The third-order valence-electron chi connectivity index (χ3n) is 4.27. The Labute approximate surface area is 166 Å². The van der Waals surface area contributed by atoms with Crippen molar-refractivity contribution in [3.05, 3.63) is 95.7 Å². The van der Waals surface area contributed by atoms with Crippen LogP contribution in [0.4, 0.5) is 20.2 Å². The maximum atomic E-state index is 13.3. The molecule has 6 heteroatoms. The van der Waals surface area contributed by atoms with Crippen LogP contribution in [0.1, 0.15) is 0 Å². The fourth-order valence-electron chi connectivity index (χ4n) is 2.86. The van der Waals surface area contributed by atoms with Crippen molar-refractivity contribution < 1.29 is 8.78 Å². The molecule has 0 radical (unpaired) electrons. The fraction of sp³-hybridized carbons (Fsp3) is 0.143. The van der Waals surface area contributed by atoms with Gasteiger partial charge in [-0.05, 0) is 60.7 Å². The molecule has 3 rings (SSSR count). The summed E-state index contributed by atoms with van der Waals surface area (Å²) in [6.07, 6.45) is 2.90. The zero-order valence-corrected chi connectivity index (χ0v) is 16.4. The summed E-state index contributed by atoms with van der Waals surface area (Å²) < 4.78 is 27.3. The molecule has 0 aliphatic carbocycles. The first kappa shape index (κ1) is 19.2. The monoisotopic (exact) mass is 431 g/mol. The number of rotatable bonds is 5. The van der Waals surface area contributed by atoms with Crippen molar-refractivity contribution in [3.8, 4) is 0 Å². The Morgan fingerprint density at radius 3 is 1.89 bits per heavy atom. The second-order valence-corrected chi connectivity index (χ2v) is 7.18. The fourth-order valence-corrected chi connectivity index (χ4v) is 3.12. The predicted octanol–water partition coefficient (Wildman–Crippen LogP) is 5.64. The van der Waals surface area contributed by atoms with E-state index in [9.17, 15) is 8.78 Å². The minimum Gasteiger partial charge on any atom is -0.337 e. The molecular formula is C21H20BrF2N3. The highest BCUT2D eigenvalue weighted by molar-refractivity contribution is 9.10. The number of hydrogen-bond acceptors (Lipinski definition) is 3. The molecule has 0 unspecified atom stereocenters. The highest BCUT2D eigenvalue weighted by Crippen LogP contribution is 2.26. The lowest BCUT2D eigenvalue weighted by Crippen LogP contribution is -2.54. The van der Waals surface area contributed by atoms with Crippen LogP contribution in [0.2, 0.25) is 0 Å². The van der Waals surface area contributed by atoms with Gasteiger partial charge in [0.1, 0.15) is 11.6 Å². The van der Waals surface area contributed by atoms with E-state index in [1.807, 2.05) is 29.2 Å². The topological polar surface area (TPSA) is 9.72 Å². The molecule has 0 atom stereocenters. The van der Waals surface area contributed by atoms with Crippen molar-refractivity contribution in [2.45, 2.75) is 0 Å². The van der Waals surface area contributed by atoms with Crippen LogP contribution in [0.3, 0.4) is 0 Å². The number of nitrogens with zero attached hydrogens (tertiary/aromatic N) is 3. The molecule has 0 N–H and O–H groups in total. The van der Waals surface area contributed by atoms with E-state index >= 15 is 0 Å². The Kier molecular flexibility index (Phi) is 5.96. The summed E-state index contributed by atoms with van der Waals surface area (Å²) in [5.74, 6) is -0.792. The summed E-state index contributed by atoms with van der Waals surface area (Å²) in [6, 6.07) is 14.4. The van der Waals surface area contributed by atoms with E-state index in [0.717, 1.165) is 15.8 Å². The molecule has 0 saturated carbocycles. The van der Waals surface area contributed by atoms with Crippen molar-refractivity contribution in [2.75, 3.05) is 29.8 Å². The van der Waals surface area contributed by atoms with Crippen molar-refractivity contribution >= 4 is 27.3 Å². The van der Waals surface area contributed by atoms with E-state index in [2.05, 4.69) is 38.9 Å². The molecule has 27 heavy (non-hydrogen) atoms. The molecule has 2 aromatic carbocycles. The Morgan fingerprint density at radius 2 is 1.37 bits per heavy atom.